The van der Waals surface area contributed by atoms with Crippen LogP contribution in [0.4, 0.5) is 0 Å². The molecule has 0 spiro atoms. The highest BCUT2D eigenvalue weighted by Crippen LogP contribution is 2.26. The van der Waals surface area contributed by atoms with E-state index in [0.717, 1.165) is 23.3 Å². The first-order valence-electron chi connectivity index (χ1n) is 9.91. The van der Waals surface area contributed by atoms with Crippen LogP contribution in [0, 0.1) is 0 Å². The number of carbonyl (C=O) groups excluding carboxylic acids is 2. The molecule has 1 atom stereocenters. The van der Waals surface area contributed by atoms with Crippen LogP contribution in [-0.2, 0) is 22.6 Å². The van der Waals surface area contributed by atoms with E-state index < -0.39 is 6.04 Å². The fourth-order valence-electron chi connectivity index (χ4n) is 4.00. The van der Waals surface area contributed by atoms with Crippen LogP contribution >= 0.6 is 0 Å². The number of fused-ring (bicyclic) bond motifs is 1. The Kier molecular flexibility index (Phi) is 5.51. The Morgan fingerprint density at radius 3 is 2.83 bits per heavy atom. The minimum atomic E-state index is -0.435. The van der Waals surface area contributed by atoms with Crippen molar-refractivity contribution in [2.75, 3.05) is 13.7 Å². The summed E-state index contributed by atoms with van der Waals surface area (Å²) in [6.45, 7) is 0.914. The van der Waals surface area contributed by atoms with Gasteiger partial charge in [0.25, 0.3) is 0 Å². The maximum atomic E-state index is 12.8. The Labute approximate surface area is 169 Å². The van der Waals surface area contributed by atoms with Gasteiger partial charge in [0, 0.05) is 35.6 Å². The lowest BCUT2D eigenvalue weighted by Gasteiger charge is -2.25. The van der Waals surface area contributed by atoms with Gasteiger partial charge in [-0.2, -0.15) is 0 Å². The summed E-state index contributed by atoms with van der Waals surface area (Å²) in [5, 5.41) is 4.19. The van der Waals surface area contributed by atoms with Gasteiger partial charge in [-0.25, -0.2) is 0 Å². The molecule has 1 fully saturated rings. The number of nitrogens with one attached hydrogen (secondary N) is 2. The third kappa shape index (κ3) is 3.97. The Morgan fingerprint density at radius 1 is 1.17 bits per heavy atom. The van der Waals surface area contributed by atoms with Crippen LogP contribution in [0.1, 0.15) is 24.0 Å². The summed E-state index contributed by atoms with van der Waals surface area (Å²) < 4.78 is 5.39. The van der Waals surface area contributed by atoms with Crippen LogP contribution in [0.2, 0.25) is 0 Å². The summed E-state index contributed by atoms with van der Waals surface area (Å²) in [5.74, 6) is 0.643. The van der Waals surface area contributed by atoms with Crippen molar-refractivity contribution in [3.05, 3.63) is 65.9 Å². The number of hydrogen-bond donors (Lipinski definition) is 2. The van der Waals surface area contributed by atoms with Crippen molar-refractivity contribution in [3.63, 3.8) is 0 Å². The second-order valence-electron chi connectivity index (χ2n) is 7.29. The number of methoxy groups -OCH3 is 1. The number of aromatic amines is 1. The normalized spacial score (nSPS) is 16.4. The molecule has 2 heterocycles. The fraction of sp³-hybridized carbons (Fsp3) is 0.304. The van der Waals surface area contributed by atoms with Gasteiger partial charge in [0.2, 0.25) is 11.8 Å². The quantitative estimate of drug-likeness (QED) is 0.650. The van der Waals surface area contributed by atoms with Crippen LogP contribution in [0.15, 0.2) is 54.7 Å². The summed E-state index contributed by atoms with van der Waals surface area (Å²) in [6.07, 6.45) is 3.68. The van der Waals surface area contributed by atoms with E-state index >= 15 is 0 Å². The summed E-state index contributed by atoms with van der Waals surface area (Å²) in [7, 11) is 1.61. The van der Waals surface area contributed by atoms with E-state index in [1.165, 1.54) is 10.9 Å². The molecule has 150 valence electrons. The Balaban J connectivity index is 1.38. The molecule has 2 aromatic carbocycles. The number of hydrogen-bond acceptors (Lipinski definition) is 3. The Hall–Kier alpha value is -3.28. The average Bonchev–Trinajstić information content (AvgIpc) is 3.32. The zero-order valence-corrected chi connectivity index (χ0v) is 16.5. The minimum absolute atomic E-state index is 0.00712. The van der Waals surface area contributed by atoms with Crippen LogP contribution in [-0.4, -0.2) is 41.4 Å². The van der Waals surface area contributed by atoms with Gasteiger partial charge < -0.3 is 19.9 Å². The van der Waals surface area contributed by atoms with E-state index in [2.05, 4.69) is 16.4 Å². The van der Waals surface area contributed by atoms with E-state index in [0.29, 0.717) is 25.9 Å². The van der Waals surface area contributed by atoms with Crippen molar-refractivity contribution in [3.8, 4) is 5.75 Å². The summed E-state index contributed by atoms with van der Waals surface area (Å²) >= 11 is 0. The predicted octanol–water partition coefficient (Wildman–Crippen LogP) is 3.03. The molecule has 0 bridgehead atoms. The van der Waals surface area contributed by atoms with Crippen molar-refractivity contribution < 1.29 is 14.3 Å². The van der Waals surface area contributed by atoms with E-state index in [1.54, 1.807) is 12.0 Å². The number of para-hydroxylation sites is 2. The van der Waals surface area contributed by atoms with Crippen LogP contribution in [0.3, 0.4) is 0 Å². The Bertz CT molecular complexity index is 1030. The summed E-state index contributed by atoms with van der Waals surface area (Å²) in [4.78, 5) is 30.1. The van der Waals surface area contributed by atoms with E-state index in [1.807, 2.05) is 48.7 Å². The lowest BCUT2D eigenvalue weighted by molar-refractivity contribution is -0.135. The highest BCUT2D eigenvalue weighted by atomic mass is 16.5. The number of aromatic nitrogens is 1. The first kappa shape index (κ1) is 19.1. The standard InChI is InChI=1S/C23H25N3O3/c1-29-21-9-5-2-6-17(21)15-26-20(10-11-22(26)27)23(28)24-13-12-16-14-25-19-8-4-3-7-18(16)19/h2-9,14,20,25H,10-13,15H2,1H3,(H,24,28). The molecule has 29 heavy (non-hydrogen) atoms. The first-order chi connectivity index (χ1) is 14.2. The first-order valence-corrected chi connectivity index (χ1v) is 9.91. The number of rotatable bonds is 7. The molecule has 1 saturated heterocycles. The number of benzene rings is 2. The zero-order valence-electron chi connectivity index (χ0n) is 16.5. The van der Waals surface area contributed by atoms with E-state index in [9.17, 15) is 9.59 Å². The zero-order chi connectivity index (χ0) is 20.2. The van der Waals surface area contributed by atoms with Gasteiger partial charge in [0.05, 0.1) is 13.7 Å². The molecule has 0 saturated carbocycles. The molecule has 1 unspecified atom stereocenters. The molecule has 3 aromatic rings. The molecule has 2 amide bonds. The molecular weight excluding hydrogens is 366 g/mol. The second kappa shape index (κ2) is 8.39. The van der Waals surface area contributed by atoms with Gasteiger partial charge in [-0.05, 0) is 30.5 Å². The Morgan fingerprint density at radius 2 is 1.97 bits per heavy atom. The largest absolute Gasteiger partial charge is 0.496 e. The SMILES string of the molecule is COc1ccccc1CN1C(=O)CCC1C(=O)NCCc1c[nH]c2ccccc12. The maximum Gasteiger partial charge on any atom is 0.242 e. The molecular formula is C23H25N3O3. The molecule has 1 aliphatic heterocycles. The van der Waals surface area contributed by atoms with Gasteiger partial charge in [0.15, 0.2) is 0 Å². The summed E-state index contributed by atoms with van der Waals surface area (Å²) in [5.41, 5.74) is 3.18. The van der Waals surface area contributed by atoms with Crippen molar-refractivity contribution in [2.24, 2.45) is 0 Å². The molecule has 0 aliphatic carbocycles. The lowest BCUT2D eigenvalue weighted by atomic mass is 10.1. The topological polar surface area (TPSA) is 74.4 Å². The van der Waals surface area contributed by atoms with Gasteiger partial charge in [-0.1, -0.05) is 36.4 Å². The van der Waals surface area contributed by atoms with Gasteiger partial charge in [-0.15, -0.1) is 0 Å². The van der Waals surface area contributed by atoms with Crippen molar-refractivity contribution in [2.45, 2.75) is 31.8 Å². The fourth-order valence-corrected chi connectivity index (χ4v) is 4.00. The van der Waals surface area contributed by atoms with E-state index in [-0.39, 0.29) is 11.8 Å². The highest BCUT2D eigenvalue weighted by molar-refractivity contribution is 5.91. The van der Waals surface area contributed by atoms with Gasteiger partial charge in [-0.3, -0.25) is 9.59 Å². The van der Waals surface area contributed by atoms with Gasteiger partial charge >= 0.3 is 0 Å². The molecule has 1 aliphatic rings. The highest BCUT2D eigenvalue weighted by Gasteiger charge is 2.36. The maximum absolute atomic E-state index is 12.8. The van der Waals surface area contributed by atoms with Gasteiger partial charge in [0.1, 0.15) is 11.8 Å². The van der Waals surface area contributed by atoms with E-state index in [4.69, 9.17) is 4.74 Å². The number of ether oxygens (including phenoxy) is 1. The van der Waals surface area contributed by atoms with Crippen molar-refractivity contribution in [1.82, 2.24) is 15.2 Å². The number of nitrogens with zero attached hydrogens (tertiary/aromatic N) is 1. The van der Waals surface area contributed by atoms with Crippen LogP contribution < -0.4 is 10.1 Å². The second-order valence-corrected chi connectivity index (χ2v) is 7.29. The third-order valence-corrected chi connectivity index (χ3v) is 5.53. The summed E-state index contributed by atoms with van der Waals surface area (Å²) in [6, 6.07) is 15.3. The monoisotopic (exact) mass is 391 g/mol. The molecule has 0 radical (unpaired) electrons. The van der Waals surface area contributed by atoms with Crippen LogP contribution in [0.5, 0.6) is 5.75 Å². The molecule has 6 nitrogen and oxygen atoms in total. The van der Waals surface area contributed by atoms with Crippen molar-refractivity contribution >= 4 is 22.7 Å². The number of amides is 2. The number of H-pyrrole nitrogens is 1. The minimum Gasteiger partial charge on any atom is -0.496 e. The molecule has 2 N–H and O–H groups in total. The lowest BCUT2D eigenvalue weighted by Crippen LogP contribution is -2.44. The third-order valence-electron chi connectivity index (χ3n) is 5.53. The number of likely N-dealkylation sites (tertiary alicyclic amines) is 1. The number of carbonyl (C=O) groups is 2. The predicted molar refractivity (Wildman–Crippen MR) is 112 cm³/mol. The average molecular weight is 391 g/mol. The molecule has 6 heteroatoms. The smallest absolute Gasteiger partial charge is 0.242 e. The molecule has 1 aromatic heterocycles. The molecule has 4 rings (SSSR count). The van der Waals surface area contributed by atoms with Crippen molar-refractivity contribution in [1.29, 1.82) is 0 Å². The van der Waals surface area contributed by atoms with Crippen LogP contribution in [0.25, 0.3) is 10.9 Å².